The largest absolute Gasteiger partial charge is 0.384 e. The molecular weight excluding hydrogens is 360 g/mol. The van der Waals surface area contributed by atoms with Gasteiger partial charge in [-0.15, -0.1) is 0 Å². The molecule has 2 aromatic heterocycles. The number of nitrogens with zero attached hydrogens (tertiary/aromatic N) is 4. The van der Waals surface area contributed by atoms with E-state index in [0.717, 1.165) is 23.6 Å². The zero-order chi connectivity index (χ0) is 19.8. The average Bonchev–Trinajstić information content (AvgIpc) is 3.52. The lowest BCUT2D eigenvalue weighted by Crippen LogP contribution is -2.44. The van der Waals surface area contributed by atoms with E-state index in [1.807, 2.05) is 13.0 Å². The van der Waals surface area contributed by atoms with Crippen molar-refractivity contribution in [2.24, 2.45) is 0 Å². The first-order valence-electron chi connectivity index (χ1n) is 9.21. The van der Waals surface area contributed by atoms with E-state index in [4.69, 9.17) is 16.2 Å². The second kappa shape index (κ2) is 10.3. The third-order valence-corrected chi connectivity index (χ3v) is 3.98. The van der Waals surface area contributed by atoms with Crippen molar-refractivity contribution in [3.63, 3.8) is 0 Å². The van der Waals surface area contributed by atoms with Gasteiger partial charge in [0.05, 0.1) is 19.3 Å². The highest BCUT2D eigenvalue weighted by Gasteiger charge is 2.21. The number of morpholine rings is 1. The van der Waals surface area contributed by atoms with Crippen LogP contribution in [0.3, 0.4) is 0 Å². The van der Waals surface area contributed by atoms with Gasteiger partial charge in [-0.2, -0.15) is 12.6 Å². The number of rotatable bonds is 2. The molecule has 2 aromatic rings. The van der Waals surface area contributed by atoms with Crippen LogP contribution in [-0.2, 0) is 4.74 Å². The highest BCUT2D eigenvalue weighted by Crippen LogP contribution is 2.25. The summed E-state index contributed by atoms with van der Waals surface area (Å²) in [4.78, 5) is 15.3. The van der Waals surface area contributed by atoms with Crippen LogP contribution < -0.4 is 16.4 Å². The Balaban J connectivity index is 0.000000463. The Morgan fingerprint density at radius 1 is 1.04 bits per heavy atom. The smallest absolute Gasteiger partial charge is 0.164 e. The van der Waals surface area contributed by atoms with E-state index < -0.39 is 0 Å². The highest BCUT2D eigenvalue weighted by atomic mass is 32.1. The van der Waals surface area contributed by atoms with E-state index in [-0.39, 0.29) is 6.04 Å². The Bertz CT molecular complexity index is 717. The standard InChI is InChI=1S/C15H20N6O.C3H6.CH4S/c1-9-5-11(6-12(16)18-9)15-19-13(17)7-14(20-15)21-3-4-22-8-10(21)2;1-2-3-1;1-2/h5-7,10H,3-4,8H2,1-2H3,(H2,16,18)(H2,17,19,20);1-3H2;2H,1H3. The predicted octanol–water partition coefficient (Wildman–Crippen LogP) is 2.95. The zero-order valence-corrected chi connectivity index (χ0v) is 17.2. The number of pyridine rings is 1. The Kier molecular flexibility index (Phi) is 8.12. The van der Waals surface area contributed by atoms with E-state index in [2.05, 4.69) is 39.4 Å². The Labute approximate surface area is 167 Å². The van der Waals surface area contributed by atoms with E-state index in [0.29, 0.717) is 30.7 Å². The summed E-state index contributed by atoms with van der Waals surface area (Å²) in [6.07, 6.45) is 6.19. The van der Waals surface area contributed by atoms with Crippen molar-refractivity contribution in [1.29, 1.82) is 0 Å². The first kappa shape index (κ1) is 21.2. The number of aromatic nitrogens is 3. The monoisotopic (exact) mass is 390 g/mol. The van der Waals surface area contributed by atoms with Crippen molar-refractivity contribution >= 4 is 30.1 Å². The fraction of sp³-hybridized carbons (Fsp3) is 0.526. The molecule has 0 aromatic carbocycles. The number of nitrogens with two attached hydrogens (primary N) is 2. The molecule has 0 amide bonds. The molecule has 1 saturated heterocycles. The van der Waals surface area contributed by atoms with Crippen LogP contribution in [0.4, 0.5) is 17.5 Å². The quantitative estimate of drug-likeness (QED) is 0.677. The molecule has 0 spiro atoms. The van der Waals surface area contributed by atoms with Crippen LogP contribution >= 0.6 is 12.6 Å². The molecular formula is C19H30N6OS. The molecule has 8 heteroatoms. The van der Waals surface area contributed by atoms with Crippen molar-refractivity contribution in [2.75, 3.05) is 42.4 Å². The fourth-order valence-electron chi connectivity index (χ4n) is 2.62. The molecule has 3 heterocycles. The Hall–Kier alpha value is -2.06. The van der Waals surface area contributed by atoms with Gasteiger partial charge in [0.25, 0.3) is 0 Å². The van der Waals surface area contributed by atoms with Crippen molar-refractivity contribution in [3.05, 3.63) is 23.9 Å². The summed E-state index contributed by atoms with van der Waals surface area (Å²) < 4.78 is 5.47. The summed E-state index contributed by atoms with van der Waals surface area (Å²) in [5, 5.41) is 0. The van der Waals surface area contributed by atoms with Crippen molar-refractivity contribution in [2.45, 2.75) is 39.2 Å². The SMILES string of the molecule is C1CC1.CS.Cc1cc(-c2nc(N)cc(N3CCOCC3C)n2)cc(N)n1. The van der Waals surface area contributed by atoms with Crippen LogP contribution in [0.1, 0.15) is 31.9 Å². The van der Waals surface area contributed by atoms with Crippen LogP contribution in [0, 0.1) is 6.92 Å². The summed E-state index contributed by atoms with van der Waals surface area (Å²) in [6.45, 7) is 6.14. The summed E-state index contributed by atoms with van der Waals surface area (Å²) in [5.41, 5.74) is 13.4. The molecule has 4 N–H and O–H groups in total. The molecule has 0 radical (unpaired) electrons. The molecule has 2 aliphatic rings. The highest BCUT2D eigenvalue weighted by molar-refractivity contribution is 7.79. The van der Waals surface area contributed by atoms with Crippen molar-refractivity contribution in [1.82, 2.24) is 15.0 Å². The van der Waals surface area contributed by atoms with Gasteiger partial charge in [0.1, 0.15) is 17.5 Å². The lowest BCUT2D eigenvalue weighted by atomic mass is 10.2. The fourth-order valence-corrected chi connectivity index (χ4v) is 2.62. The number of hydrogen-bond acceptors (Lipinski definition) is 8. The third-order valence-electron chi connectivity index (χ3n) is 3.98. The van der Waals surface area contributed by atoms with Crippen LogP contribution in [0.15, 0.2) is 18.2 Å². The number of ether oxygens (including phenoxy) is 1. The van der Waals surface area contributed by atoms with Gasteiger partial charge in [-0.1, -0.05) is 19.3 Å². The second-order valence-electron chi connectivity index (χ2n) is 6.57. The summed E-state index contributed by atoms with van der Waals surface area (Å²) in [6, 6.07) is 5.70. The molecule has 2 fully saturated rings. The minimum Gasteiger partial charge on any atom is -0.384 e. The topological polar surface area (TPSA) is 103 Å². The van der Waals surface area contributed by atoms with Crippen LogP contribution in [-0.4, -0.2) is 47.0 Å². The zero-order valence-electron chi connectivity index (χ0n) is 16.4. The van der Waals surface area contributed by atoms with Crippen molar-refractivity contribution in [3.8, 4) is 11.4 Å². The average molecular weight is 391 g/mol. The molecule has 7 nitrogen and oxygen atoms in total. The van der Waals surface area contributed by atoms with Gasteiger partial charge in [-0.3, -0.25) is 0 Å². The van der Waals surface area contributed by atoms with Crippen LogP contribution in [0.2, 0.25) is 0 Å². The number of thiol groups is 1. The predicted molar refractivity (Wildman–Crippen MR) is 115 cm³/mol. The molecule has 1 aliphatic heterocycles. The van der Waals surface area contributed by atoms with Gasteiger partial charge in [0, 0.05) is 23.9 Å². The van der Waals surface area contributed by atoms with Gasteiger partial charge in [-0.05, 0) is 32.2 Å². The molecule has 1 atom stereocenters. The van der Waals surface area contributed by atoms with Gasteiger partial charge in [-0.25, -0.2) is 15.0 Å². The maximum atomic E-state index is 5.97. The van der Waals surface area contributed by atoms with Gasteiger partial charge in [0.15, 0.2) is 5.82 Å². The normalized spacial score (nSPS) is 17.9. The first-order valence-corrected chi connectivity index (χ1v) is 10.1. The number of anilines is 3. The Morgan fingerprint density at radius 3 is 2.30 bits per heavy atom. The lowest BCUT2D eigenvalue weighted by molar-refractivity contribution is 0.0985. The van der Waals surface area contributed by atoms with Crippen molar-refractivity contribution < 1.29 is 4.74 Å². The second-order valence-corrected chi connectivity index (χ2v) is 6.57. The van der Waals surface area contributed by atoms with Gasteiger partial charge >= 0.3 is 0 Å². The number of aryl methyl sites for hydroxylation is 1. The van der Waals surface area contributed by atoms with Crippen LogP contribution in [0.25, 0.3) is 11.4 Å². The summed E-state index contributed by atoms with van der Waals surface area (Å²) in [5.74, 6) is 2.26. The molecule has 4 rings (SSSR count). The van der Waals surface area contributed by atoms with E-state index in [1.165, 1.54) is 19.3 Å². The number of hydrogen-bond donors (Lipinski definition) is 3. The van der Waals surface area contributed by atoms with E-state index in [1.54, 1.807) is 18.4 Å². The minimum atomic E-state index is 0.250. The van der Waals surface area contributed by atoms with Gasteiger partial charge < -0.3 is 21.1 Å². The Morgan fingerprint density at radius 2 is 1.70 bits per heavy atom. The molecule has 0 bridgehead atoms. The molecule has 27 heavy (non-hydrogen) atoms. The molecule has 1 saturated carbocycles. The first-order chi connectivity index (χ1) is 13.0. The lowest BCUT2D eigenvalue weighted by Gasteiger charge is -2.34. The maximum absolute atomic E-state index is 5.97. The maximum Gasteiger partial charge on any atom is 0.164 e. The summed E-state index contributed by atoms with van der Waals surface area (Å²) in [7, 11) is 0. The van der Waals surface area contributed by atoms with Crippen LogP contribution in [0.5, 0.6) is 0 Å². The van der Waals surface area contributed by atoms with Gasteiger partial charge in [0.2, 0.25) is 0 Å². The minimum absolute atomic E-state index is 0.250. The van der Waals surface area contributed by atoms with E-state index >= 15 is 0 Å². The number of nitrogen functional groups attached to an aromatic ring is 2. The third kappa shape index (κ3) is 6.55. The summed E-state index contributed by atoms with van der Waals surface area (Å²) >= 11 is 3.53. The van der Waals surface area contributed by atoms with E-state index in [9.17, 15) is 0 Å². The molecule has 148 valence electrons. The molecule has 1 aliphatic carbocycles. The molecule has 1 unspecified atom stereocenters.